The highest BCUT2D eigenvalue weighted by molar-refractivity contribution is 7.27. The molecule has 2 heterocycles. The summed E-state index contributed by atoms with van der Waals surface area (Å²) in [5.74, 6) is -2.95. The Balaban J connectivity index is 1.46. The minimum Gasteiger partial charge on any atom is -0.308 e. The lowest BCUT2D eigenvalue weighted by atomic mass is 9.37. The lowest BCUT2D eigenvalue weighted by Crippen LogP contribution is -2.57. The van der Waals surface area contributed by atoms with Crippen LogP contribution in [-0.2, 0) is 0 Å². The molecule has 9 rings (SSSR count). The minimum absolute atomic E-state index is 0.0387. The van der Waals surface area contributed by atoms with Crippen LogP contribution >= 0.6 is 9.24 Å². The van der Waals surface area contributed by atoms with E-state index in [1.54, 1.807) is 0 Å². The zero-order valence-electron chi connectivity index (χ0n) is 21.0. The second-order valence-electron chi connectivity index (χ2n) is 10.7. The molecular formula is C34H18BF3NP. The Morgan fingerprint density at radius 1 is 0.550 bits per heavy atom. The summed E-state index contributed by atoms with van der Waals surface area (Å²) in [7, 11) is 2.07. The predicted molar refractivity (Wildman–Crippen MR) is 164 cm³/mol. The molecule has 0 aliphatic carbocycles. The van der Waals surface area contributed by atoms with Crippen LogP contribution in [0.4, 0.5) is 30.2 Å². The van der Waals surface area contributed by atoms with Crippen molar-refractivity contribution < 1.29 is 13.2 Å². The zero-order valence-corrected chi connectivity index (χ0v) is 22.1. The number of rotatable bonds is 1. The van der Waals surface area contributed by atoms with Gasteiger partial charge in [-0.1, -0.05) is 99.6 Å². The molecule has 1 atom stereocenters. The third kappa shape index (κ3) is 2.59. The third-order valence-corrected chi connectivity index (χ3v) is 9.31. The first-order valence-electron chi connectivity index (χ1n) is 13.2. The first kappa shape index (κ1) is 22.5. The molecule has 0 fully saturated rings. The van der Waals surface area contributed by atoms with Crippen molar-refractivity contribution in [3.8, 4) is 11.1 Å². The number of hydrogen-bond donors (Lipinski definition) is 0. The fraction of sp³-hybridized carbons (Fsp3) is 0. The molecule has 0 saturated carbocycles. The van der Waals surface area contributed by atoms with Crippen LogP contribution in [0.25, 0.3) is 43.4 Å². The van der Waals surface area contributed by atoms with Gasteiger partial charge in [-0.3, -0.25) is 0 Å². The van der Waals surface area contributed by atoms with E-state index in [1.807, 2.05) is 65.6 Å². The van der Waals surface area contributed by atoms with Gasteiger partial charge in [0.05, 0.1) is 11.4 Å². The Morgan fingerprint density at radius 2 is 1.23 bits per heavy atom. The maximum Gasteiger partial charge on any atom is 0.252 e. The monoisotopic (exact) mass is 539 g/mol. The molecule has 40 heavy (non-hydrogen) atoms. The molecule has 7 aromatic carbocycles. The van der Waals surface area contributed by atoms with E-state index < -0.39 is 29.5 Å². The van der Waals surface area contributed by atoms with Gasteiger partial charge in [0, 0.05) is 16.4 Å². The van der Waals surface area contributed by atoms with Gasteiger partial charge in [-0.05, 0) is 61.1 Å². The first-order chi connectivity index (χ1) is 19.5. The highest BCUT2D eigenvalue weighted by Gasteiger charge is 2.46. The van der Waals surface area contributed by atoms with Crippen molar-refractivity contribution in [2.75, 3.05) is 4.90 Å². The first-order valence-corrected chi connectivity index (χ1v) is 13.8. The fourth-order valence-electron chi connectivity index (χ4n) is 7.19. The van der Waals surface area contributed by atoms with Crippen LogP contribution in [0.5, 0.6) is 0 Å². The second-order valence-corrected chi connectivity index (χ2v) is 11.2. The highest BCUT2D eigenvalue weighted by Crippen LogP contribution is 2.46. The summed E-state index contributed by atoms with van der Waals surface area (Å²) in [5, 5.41) is 6.04. The molecule has 0 aromatic heterocycles. The van der Waals surface area contributed by atoms with Gasteiger partial charge in [-0.2, -0.15) is 0 Å². The molecule has 0 amide bonds. The zero-order chi connectivity index (χ0) is 26.9. The molecule has 0 N–H and O–H groups in total. The molecule has 1 unspecified atom stereocenters. The minimum atomic E-state index is -1.16. The SMILES string of the molecule is Fc1c(F)c2c(c(F)c1P)N(c1ccc3ccc4cccc5ccc1c3c45)c1cccc3c1B2c1ccccc1-3. The van der Waals surface area contributed by atoms with E-state index >= 15 is 13.2 Å². The van der Waals surface area contributed by atoms with Gasteiger partial charge >= 0.3 is 0 Å². The molecule has 188 valence electrons. The molecule has 2 aliphatic rings. The molecular weight excluding hydrogens is 521 g/mol. The summed E-state index contributed by atoms with van der Waals surface area (Å²) in [6.07, 6.45) is 0. The van der Waals surface area contributed by atoms with Crippen LogP contribution in [0.2, 0.25) is 0 Å². The summed E-state index contributed by atoms with van der Waals surface area (Å²) in [6.45, 7) is -0.608. The molecule has 2 aliphatic heterocycles. The standard InChI is InChI=1S/C34H18BF3NP/c36-30-29-33(32(38)34(40)31(30)37)39(25-10-4-8-21-20-7-1-2-9-23(20)35(29)28(21)25)24-16-14-19-12-11-17-5-3-6-18-13-15-22(24)27(19)26(17)18/h1-16H,40H2. The fourth-order valence-corrected chi connectivity index (χ4v) is 7.45. The molecule has 0 bridgehead atoms. The van der Waals surface area contributed by atoms with Crippen LogP contribution in [0.3, 0.4) is 0 Å². The average molecular weight is 539 g/mol. The number of fused-ring (bicyclic) bond motifs is 5. The van der Waals surface area contributed by atoms with Crippen LogP contribution in [0.1, 0.15) is 0 Å². The summed E-state index contributed by atoms with van der Waals surface area (Å²) in [4.78, 5) is 1.81. The molecule has 1 nitrogen and oxygen atoms in total. The van der Waals surface area contributed by atoms with Crippen molar-refractivity contribution in [2.45, 2.75) is 0 Å². The van der Waals surface area contributed by atoms with E-state index in [1.165, 1.54) is 0 Å². The van der Waals surface area contributed by atoms with E-state index in [0.29, 0.717) is 0 Å². The molecule has 0 radical (unpaired) electrons. The largest absolute Gasteiger partial charge is 0.308 e. The maximum absolute atomic E-state index is 16.4. The third-order valence-electron chi connectivity index (χ3n) is 8.80. The van der Waals surface area contributed by atoms with Crippen molar-refractivity contribution in [3.63, 3.8) is 0 Å². The van der Waals surface area contributed by atoms with Gasteiger partial charge < -0.3 is 4.90 Å². The Bertz CT molecular complexity index is 2230. The topological polar surface area (TPSA) is 3.24 Å². The predicted octanol–water partition coefficient (Wildman–Crippen LogP) is 6.78. The normalized spacial score (nSPS) is 13.4. The van der Waals surface area contributed by atoms with E-state index in [2.05, 4.69) is 45.6 Å². The Labute approximate surface area is 230 Å². The smallest absolute Gasteiger partial charge is 0.252 e. The van der Waals surface area contributed by atoms with Crippen LogP contribution < -0.4 is 26.6 Å². The van der Waals surface area contributed by atoms with Crippen molar-refractivity contribution >= 4 is 87.0 Å². The summed E-state index contributed by atoms with van der Waals surface area (Å²) >= 11 is 0. The maximum atomic E-state index is 16.4. The van der Waals surface area contributed by atoms with Crippen LogP contribution in [0.15, 0.2) is 97.1 Å². The van der Waals surface area contributed by atoms with Crippen LogP contribution in [-0.4, -0.2) is 6.71 Å². The number of hydrogen-bond acceptors (Lipinski definition) is 1. The van der Waals surface area contributed by atoms with Gasteiger partial charge in [-0.25, -0.2) is 13.2 Å². The van der Waals surface area contributed by atoms with Crippen molar-refractivity contribution in [2.24, 2.45) is 0 Å². The summed E-state index contributed by atoms with van der Waals surface area (Å²) in [6, 6.07) is 32.3. The quantitative estimate of drug-likeness (QED) is 0.0963. The van der Waals surface area contributed by atoms with Gasteiger partial charge in [0.2, 0.25) is 0 Å². The Kier molecular flexibility index (Phi) is 4.30. The average Bonchev–Trinajstić information content (AvgIpc) is 3.33. The van der Waals surface area contributed by atoms with Gasteiger partial charge in [0.25, 0.3) is 6.71 Å². The number of halogens is 3. The number of nitrogens with zero attached hydrogens (tertiary/aromatic N) is 1. The van der Waals surface area contributed by atoms with E-state index in [-0.39, 0.29) is 11.2 Å². The van der Waals surface area contributed by atoms with E-state index in [9.17, 15) is 0 Å². The lowest BCUT2D eigenvalue weighted by molar-refractivity contribution is 0.510. The van der Waals surface area contributed by atoms with E-state index in [4.69, 9.17) is 0 Å². The molecule has 0 saturated heterocycles. The molecule has 6 heteroatoms. The van der Waals surface area contributed by atoms with Crippen LogP contribution in [0, 0.1) is 17.5 Å². The second kappa shape index (κ2) is 7.65. The number of anilines is 3. The highest BCUT2D eigenvalue weighted by atomic mass is 31.0. The Morgan fingerprint density at radius 3 is 2.05 bits per heavy atom. The van der Waals surface area contributed by atoms with Crippen molar-refractivity contribution in [3.05, 3.63) is 115 Å². The summed E-state index contributed by atoms with van der Waals surface area (Å²) in [5.41, 5.74) is 5.25. The lowest BCUT2D eigenvalue weighted by Gasteiger charge is -2.37. The number of benzene rings is 7. The molecule has 7 aromatic rings. The van der Waals surface area contributed by atoms with Crippen molar-refractivity contribution in [1.29, 1.82) is 0 Å². The van der Waals surface area contributed by atoms with Gasteiger partial charge in [-0.15, -0.1) is 0 Å². The van der Waals surface area contributed by atoms with E-state index in [0.717, 1.165) is 65.7 Å². The summed E-state index contributed by atoms with van der Waals surface area (Å²) < 4.78 is 47.8. The molecule has 0 spiro atoms. The van der Waals surface area contributed by atoms with Gasteiger partial charge in [0.15, 0.2) is 17.5 Å². The van der Waals surface area contributed by atoms with Gasteiger partial charge in [0.1, 0.15) is 0 Å². The van der Waals surface area contributed by atoms with Crippen molar-refractivity contribution in [1.82, 2.24) is 0 Å². The Hall–Kier alpha value is -4.34.